The molecule has 1 rings (SSSR count). The highest BCUT2D eigenvalue weighted by Crippen LogP contribution is 2.20. The number of nitrogens with one attached hydrogen (secondary N) is 1. The van der Waals surface area contributed by atoms with Crippen LogP contribution < -0.4 is 5.32 Å². The normalized spacial score (nSPS) is 11.8. The fourth-order valence-electron chi connectivity index (χ4n) is 0.833. The third-order valence-electron chi connectivity index (χ3n) is 1.65. The first-order valence-electron chi connectivity index (χ1n) is 4.05. The number of rotatable bonds is 3. The van der Waals surface area contributed by atoms with Crippen molar-refractivity contribution in [2.45, 2.75) is 13.5 Å². The zero-order valence-electron chi connectivity index (χ0n) is 7.58. The molecule has 0 aliphatic rings. The number of nitriles is 1. The maximum absolute atomic E-state index is 11.2. The molecule has 0 aromatic carbocycles. The molecular formula is C9H9ClN2OS. The maximum Gasteiger partial charge on any atom is 0.237 e. The molecule has 74 valence electrons. The van der Waals surface area contributed by atoms with Crippen molar-refractivity contribution in [1.29, 1.82) is 5.26 Å². The maximum atomic E-state index is 11.2. The minimum absolute atomic E-state index is 0.253. The van der Waals surface area contributed by atoms with Crippen molar-refractivity contribution in [3.05, 3.63) is 21.3 Å². The van der Waals surface area contributed by atoms with Crippen LogP contribution in [0.2, 0.25) is 4.34 Å². The molecular weight excluding hydrogens is 220 g/mol. The Labute approximate surface area is 91.3 Å². The van der Waals surface area contributed by atoms with Crippen LogP contribution in [0.3, 0.4) is 0 Å². The zero-order valence-corrected chi connectivity index (χ0v) is 9.15. The lowest BCUT2D eigenvalue weighted by Crippen LogP contribution is -2.27. The van der Waals surface area contributed by atoms with Crippen molar-refractivity contribution < 1.29 is 4.79 Å². The van der Waals surface area contributed by atoms with Crippen LogP contribution in [0.1, 0.15) is 11.8 Å². The van der Waals surface area contributed by atoms with Gasteiger partial charge < -0.3 is 5.32 Å². The molecule has 0 aliphatic heterocycles. The number of thiophene rings is 1. The van der Waals surface area contributed by atoms with Crippen molar-refractivity contribution in [3.8, 4) is 6.07 Å². The summed E-state index contributed by atoms with van der Waals surface area (Å²) in [6.45, 7) is 2.00. The molecule has 1 aromatic heterocycles. The second kappa shape index (κ2) is 4.99. The van der Waals surface area contributed by atoms with E-state index in [9.17, 15) is 4.79 Å². The van der Waals surface area contributed by atoms with Crippen LogP contribution in [0.25, 0.3) is 0 Å². The number of carbonyl (C=O) groups is 1. The molecule has 0 spiro atoms. The van der Waals surface area contributed by atoms with Gasteiger partial charge in [0.25, 0.3) is 0 Å². The second-order valence-electron chi connectivity index (χ2n) is 2.77. The Morgan fingerprint density at radius 1 is 1.79 bits per heavy atom. The molecule has 1 N–H and O–H groups in total. The van der Waals surface area contributed by atoms with E-state index in [2.05, 4.69) is 5.32 Å². The smallest absolute Gasteiger partial charge is 0.237 e. The summed E-state index contributed by atoms with van der Waals surface area (Å²) in [5.41, 5.74) is 0. The molecule has 0 aliphatic carbocycles. The third-order valence-corrected chi connectivity index (χ3v) is 2.88. The van der Waals surface area contributed by atoms with E-state index in [4.69, 9.17) is 16.9 Å². The average Bonchev–Trinajstić information content (AvgIpc) is 2.59. The first-order valence-corrected chi connectivity index (χ1v) is 5.24. The minimum Gasteiger partial charge on any atom is -0.350 e. The van der Waals surface area contributed by atoms with Crippen LogP contribution in [-0.2, 0) is 11.3 Å². The summed E-state index contributed by atoms with van der Waals surface area (Å²) >= 11 is 7.14. The van der Waals surface area contributed by atoms with Crippen molar-refractivity contribution >= 4 is 28.8 Å². The fourth-order valence-corrected chi connectivity index (χ4v) is 1.86. The molecule has 1 heterocycles. The summed E-state index contributed by atoms with van der Waals surface area (Å²) < 4.78 is 0.697. The summed E-state index contributed by atoms with van der Waals surface area (Å²) in [4.78, 5) is 12.2. The van der Waals surface area contributed by atoms with Gasteiger partial charge in [-0.25, -0.2) is 0 Å². The summed E-state index contributed by atoms with van der Waals surface area (Å²) in [5, 5.41) is 11.1. The predicted octanol–water partition coefficient (Wildman–Crippen LogP) is 2.18. The Morgan fingerprint density at radius 2 is 2.50 bits per heavy atom. The standard InChI is InChI=1S/C9H9ClN2OS/c1-6(4-11)9(13)12-5-7-2-3-8(10)14-7/h2-3,6H,5H2,1H3,(H,12,13). The summed E-state index contributed by atoms with van der Waals surface area (Å²) in [6, 6.07) is 5.50. The van der Waals surface area contributed by atoms with Crippen molar-refractivity contribution in [3.63, 3.8) is 0 Å². The molecule has 1 amide bonds. The Bertz CT molecular complexity index is 369. The summed E-state index contributed by atoms with van der Waals surface area (Å²) in [5.74, 6) is -0.859. The van der Waals surface area contributed by atoms with Gasteiger partial charge in [-0.15, -0.1) is 11.3 Å². The van der Waals surface area contributed by atoms with E-state index in [1.54, 1.807) is 13.0 Å². The van der Waals surface area contributed by atoms with Gasteiger partial charge in [0.1, 0.15) is 5.92 Å². The molecule has 0 bridgehead atoms. The van der Waals surface area contributed by atoms with Gasteiger partial charge in [0.15, 0.2) is 0 Å². The van der Waals surface area contributed by atoms with Crippen molar-refractivity contribution in [2.75, 3.05) is 0 Å². The molecule has 1 aromatic rings. The van der Waals surface area contributed by atoms with Crippen molar-refractivity contribution in [2.24, 2.45) is 5.92 Å². The minimum atomic E-state index is -0.606. The molecule has 0 fully saturated rings. The summed E-state index contributed by atoms with van der Waals surface area (Å²) in [7, 11) is 0. The van der Waals surface area contributed by atoms with Gasteiger partial charge in [-0.2, -0.15) is 5.26 Å². The molecule has 5 heteroatoms. The predicted molar refractivity (Wildman–Crippen MR) is 56.0 cm³/mol. The monoisotopic (exact) mass is 228 g/mol. The van der Waals surface area contributed by atoms with Gasteiger partial charge in [-0.3, -0.25) is 4.79 Å². The molecule has 0 saturated carbocycles. The van der Waals surface area contributed by atoms with Crippen LogP contribution >= 0.6 is 22.9 Å². The van der Waals surface area contributed by atoms with Crippen LogP contribution in [0.4, 0.5) is 0 Å². The highest BCUT2D eigenvalue weighted by Gasteiger charge is 2.10. The van der Waals surface area contributed by atoms with Gasteiger partial charge in [0.2, 0.25) is 5.91 Å². The lowest BCUT2D eigenvalue weighted by Gasteiger charge is -2.03. The first-order chi connectivity index (χ1) is 6.63. The molecule has 0 saturated heterocycles. The van der Waals surface area contributed by atoms with Gasteiger partial charge in [0, 0.05) is 4.88 Å². The van der Waals surface area contributed by atoms with E-state index in [0.29, 0.717) is 10.9 Å². The van der Waals surface area contributed by atoms with Crippen LogP contribution in [-0.4, -0.2) is 5.91 Å². The Hall–Kier alpha value is -1.05. The van der Waals surface area contributed by atoms with E-state index in [1.165, 1.54) is 11.3 Å². The highest BCUT2D eigenvalue weighted by molar-refractivity contribution is 7.16. The molecule has 1 unspecified atom stereocenters. The molecule has 1 atom stereocenters. The Balaban J connectivity index is 2.42. The van der Waals surface area contributed by atoms with Crippen LogP contribution in [0, 0.1) is 17.2 Å². The van der Waals surface area contributed by atoms with Gasteiger partial charge in [0.05, 0.1) is 17.0 Å². The quantitative estimate of drug-likeness (QED) is 0.862. The number of nitrogens with zero attached hydrogens (tertiary/aromatic N) is 1. The van der Waals surface area contributed by atoms with E-state index < -0.39 is 5.92 Å². The van der Waals surface area contributed by atoms with Crippen LogP contribution in [0.15, 0.2) is 12.1 Å². The topological polar surface area (TPSA) is 52.9 Å². The number of hydrogen-bond acceptors (Lipinski definition) is 3. The number of carbonyl (C=O) groups excluding carboxylic acids is 1. The van der Waals surface area contributed by atoms with Gasteiger partial charge in [-0.1, -0.05) is 11.6 Å². The van der Waals surface area contributed by atoms with Gasteiger partial charge in [-0.05, 0) is 19.1 Å². The lowest BCUT2D eigenvalue weighted by atomic mass is 10.2. The van der Waals surface area contributed by atoms with Crippen molar-refractivity contribution in [1.82, 2.24) is 5.32 Å². The fraction of sp³-hybridized carbons (Fsp3) is 0.333. The molecule has 3 nitrogen and oxygen atoms in total. The Kier molecular flexibility index (Phi) is 3.93. The van der Waals surface area contributed by atoms with Crippen LogP contribution in [0.5, 0.6) is 0 Å². The Morgan fingerprint density at radius 3 is 3.00 bits per heavy atom. The highest BCUT2D eigenvalue weighted by atomic mass is 35.5. The second-order valence-corrected chi connectivity index (χ2v) is 4.57. The zero-order chi connectivity index (χ0) is 10.6. The average molecular weight is 229 g/mol. The number of hydrogen-bond donors (Lipinski definition) is 1. The van der Waals surface area contributed by atoms with E-state index in [1.807, 2.05) is 12.1 Å². The lowest BCUT2D eigenvalue weighted by molar-refractivity contribution is -0.123. The van der Waals surface area contributed by atoms with E-state index in [-0.39, 0.29) is 5.91 Å². The molecule has 14 heavy (non-hydrogen) atoms. The number of halogens is 1. The first kappa shape index (κ1) is 11.0. The third kappa shape index (κ3) is 3.02. The van der Waals surface area contributed by atoms with Gasteiger partial charge >= 0.3 is 0 Å². The largest absolute Gasteiger partial charge is 0.350 e. The SMILES string of the molecule is CC(C#N)C(=O)NCc1ccc(Cl)s1. The van der Waals surface area contributed by atoms with E-state index in [0.717, 1.165) is 4.88 Å². The number of amides is 1. The summed E-state index contributed by atoms with van der Waals surface area (Å²) in [6.07, 6.45) is 0. The van der Waals surface area contributed by atoms with E-state index >= 15 is 0 Å². The molecule has 0 radical (unpaired) electrons.